The van der Waals surface area contributed by atoms with Crippen LogP contribution in [0.3, 0.4) is 0 Å². The number of para-hydroxylation sites is 2. The fourth-order valence-electron chi connectivity index (χ4n) is 3.17. The summed E-state index contributed by atoms with van der Waals surface area (Å²) in [4.78, 5) is 42.5. The molecule has 0 saturated carbocycles. The molecule has 0 aliphatic rings. The van der Waals surface area contributed by atoms with Crippen molar-refractivity contribution in [2.75, 3.05) is 0 Å². The number of amides is 1. The van der Waals surface area contributed by atoms with Gasteiger partial charge in [0, 0.05) is 18.6 Å². The number of halogens is 2. The van der Waals surface area contributed by atoms with Gasteiger partial charge in [-0.25, -0.2) is 18.4 Å². The van der Waals surface area contributed by atoms with E-state index in [9.17, 15) is 33.1 Å². The van der Waals surface area contributed by atoms with Crippen molar-refractivity contribution in [2.24, 2.45) is 5.73 Å². The first-order valence-corrected chi connectivity index (χ1v) is 11.4. The number of hydrogen-bond donors (Lipinski definition) is 5. The van der Waals surface area contributed by atoms with Gasteiger partial charge in [0.15, 0.2) is 0 Å². The summed E-state index contributed by atoms with van der Waals surface area (Å²) in [6, 6.07) is 18.8. The van der Waals surface area contributed by atoms with Crippen molar-refractivity contribution in [2.45, 2.75) is 6.92 Å². The van der Waals surface area contributed by atoms with Crippen LogP contribution in [0.1, 0.15) is 38.0 Å². The molecule has 0 aliphatic heterocycles. The normalized spacial score (nSPS) is 9.73. The molecule has 10 nitrogen and oxygen atoms in total. The monoisotopic (exact) mass is 567 g/mol. The first-order chi connectivity index (χ1) is 19.3. The zero-order chi connectivity index (χ0) is 30.7. The highest BCUT2D eigenvalue weighted by molar-refractivity contribution is 5.95. The summed E-state index contributed by atoms with van der Waals surface area (Å²) in [5.41, 5.74) is 5.04. The lowest BCUT2D eigenvalue weighted by atomic mass is 10.0. The molecule has 4 rings (SSSR count). The molecule has 1 amide bonds. The van der Waals surface area contributed by atoms with Gasteiger partial charge >= 0.3 is 17.9 Å². The lowest BCUT2D eigenvalue weighted by Gasteiger charge is -2.06. The van der Waals surface area contributed by atoms with E-state index in [0.29, 0.717) is 6.07 Å². The van der Waals surface area contributed by atoms with E-state index in [2.05, 4.69) is 4.74 Å². The summed E-state index contributed by atoms with van der Waals surface area (Å²) in [6.07, 6.45) is 0. The van der Waals surface area contributed by atoms with E-state index in [-0.39, 0.29) is 39.3 Å². The first kappa shape index (κ1) is 31.4. The number of aromatic carboxylic acids is 2. The molecule has 41 heavy (non-hydrogen) atoms. The van der Waals surface area contributed by atoms with Crippen molar-refractivity contribution in [3.63, 3.8) is 0 Å². The number of carboxylic acid groups (broad SMARTS) is 2. The number of phenols is 2. The lowest BCUT2D eigenvalue weighted by Crippen LogP contribution is -2.10. The Morgan fingerprint density at radius 1 is 0.707 bits per heavy atom. The molecule has 0 heterocycles. The Bertz CT molecular complexity index is 1590. The molecule has 0 fully saturated rings. The molecular formula is C29H23F2NO9. The van der Waals surface area contributed by atoms with Crippen molar-refractivity contribution < 1.29 is 53.1 Å². The molecule has 0 saturated heterocycles. The molecule has 0 unspecified atom stereocenters. The number of nitrogens with two attached hydrogens (primary N) is 1. The van der Waals surface area contributed by atoms with Crippen LogP contribution in [0.2, 0.25) is 0 Å². The number of carbonyl (C=O) groups excluding carboxylic acids is 2. The van der Waals surface area contributed by atoms with Crippen LogP contribution in [0.5, 0.6) is 17.2 Å². The van der Waals surface area contributed by atoms with Crippen LogP contribution in [0.4, 0.5) is 8.78 Å². The van der Waals surface area contributed by atoms with Crippen LogP contribution in [0.15, 0.2) is 84.9 Å². The summed E-state index contributed by atoms with van der Waals surface area (Å²) in [5.74, 6) is -5.50. The van der Waals surface area contributed by atoms with Crippen LogP contribution in [-0.4, -0.2) is 44.2 Å². The Kier molecular flexibility index (Phi) is 11.0. The Morgan fingerprint density at radius 3 is 1.78 bits per heavy atom. The molecule has 0 atom stereocenters. The van der Waals surface area contributed by atoms with Crippen molar-refractivity contribution in [3.05, 3.63) is 113 Å². The van der Waals surface area contributed by atoms with E-state index in [1.165, 1.54) is 43.3 Å². The van der Waals surface area contributed by atoms with E-state index < -0.39 is 41.2 Å². The van der Waals surface area contributed by atoms with Gasteiger partial charge in [-0.15, -0.1) is 0 Å². The molecule has 12 heteroatoms. The number of carbonyl (C=O) groups is 4. The maximum absolute atomic E-state index is 13.5. The number of primary amides is 1. The number of aromatic hydroxyl groups is 2. The summed E-state index contributed by atoms with van der Waals surface area (Å²) in [7, 11) is 0. The van der Waals surface area contributed by atoms with Crippen LogP contribution in [0.25, 0.3) is 11.1 Å². The molecule has 4 aromatic carbocycles. The second-order valence-corrected chi connectivity index (χ2v) is 7.94. The first-order valence-electron chi connectivity index (χ1n) is 11.4. The fourth-order valence-corrected chi connectivity index (χ4v) is 3.17. The van der Waals surface area contributed by atoms with E-state index in [0.717, 1.165) is 18.2 Å². The third kappa shape index (κ3) is 9.18. The number of rotatable bonds is 5. The summed E-state index contributed by atoms with van der Waals surface area (Å²) < 4.78 is 31.0. The van der Waals surface area contributed by atoms with Gasteiger partial charge in [0.1, 0.15) is 40.0 Å². The largest absolute Gasteiger partial charge is 0.507 e. The number of hydrogen-bond acceptors (Lipinski definition) is 7. The molecular weight excluding hydrogens is 544 g/mol. The van der Waals surface area contributed by atoms with Crippen molar-refractivity contribution in [1.29, 1.82) is 0 Å². The van der Waals surface area contributed by atoms with E-state index >= 15 is 0 Å². The standard InChI is InChI=1S/C13H8F2O3.C9H8O4.C7H7NO2/c14-8-2-3-9(11(15)6-8)7-1-4-12(16)10(5-7)13(17)18;1-6(10)13-8-5-3-2-4-7(8)9(11)12;8-7(10)5-3-1-2-4-6(5)9/h1-6,16H,(H,17,18);2-5H,1H3,(H,11,12);1-4,9H,(H2,8,10). The highest BCUT2D eigenvalue weighted by Gasteiger charge is 2.14. The third-order valence-corrected chi connectivity index (χ3v) is 5.01. The highest BCUT2D eigenvalue weighted by atomic mass is 19.1. The minimum Gasteiger partial charge on any atom is -0.507 e. The molecule has 212 valence electrons. The SMILES string of the molecule is CC(=O)Oc1ccccc1C(=O)O.NC(=O)c1ccccc1O.O=C(O)c1cc(-c2ccc(F)cc2F)ccc1O. The predicted octanol–water partition coefficient (Wildman–Crippen LogP) is 4.84. The Balaban J connectivity index is 0.000000226. The second kappa shape index (κ2) is 14.4. The summed E-state index contributed by atoms with van der Waals surface area (Å²) >= 11 is 0. The van der Waals surface area contributed by atoms with Crippen LogP contribution in [-0.2, 0) is 4.79 Å². The minimum atomic E-state index is -1.32. The number of carboxylic acids is 2. The highest BCUT2D eigenvalue weighted by Crippen LogP contribution is 2.28. The Hall–Kier alpha value is -5.78. The van der Waals surface area contributed by atoms with Gasteiger partial charge in [0.25, 0.3) is 5.91 Å². The molecule has 0 aromatic heterocycles. The molecule has 0 bridgehead atoms. The Labute approximate surface area is 231 Å². The average Bonchev–Trinajstić information content (AvgIpc) is 2.90. The molecule has 4 aromatic rings. The maximum atomic E-state index is 13.5. The van der Waals surface area contributed by atoms with Crippen LogP contribution in [0, 0.1) is 11.6 Å². The predicted molar refractivity (Wildman–Crippen MR) is 142 cm³/mol. The van der Waals surface area contributed by atoms with Gasteiger partial charge in [-0.2, -0.15) is 0 Å². The van der Waals surface area contributed by atoms with Crippen LogP contribution < -0.4 is 10.5 Å². The number of benzene rings is 4. The maximum Gasteiger partial charge on any atom is 0.339 e. The fraction of sp³-hybridized carbons (Fsp3) is 0.0345. The average molecular weight is 567 g/mol. The smallest absolute Gasteiger partial charge is 0.339 e. The quantitative estimate of drug-likeness (QED) is 0.166. The van der Waals surface area contributed by atoms with Crippen molar-refractivity contribution in [1.82, 2.24) is 0 Å². The van der Waals surface area contributed by atoms with Gasteiger partial charge in [0.2, 0.25) is 0 Å². The zero-order valence-corrected chi connectivity index (χ0v) is 21.2. The molecule has 6 N–H and O–H groups in total. The van der Waals surface area contributed by atoms with E-state index in [1.54, 1.807) is 24.3 Å². The molecule has 0 aliphatic carbocycles. The van der Waals surface area contributed by atoms with E-state index in [1.807, 2.05) is 0 Å². The second-order valence-electron chi connectivity index (χ2n) is 7.94. The van der Waals surface area contributed by atoms with Crippen molar-refractivity contribution >= 4 is 23.8 Å². The van der Waals surface area contributed by atoms with Gasteiger partial charge in [-0.1, -0.05) is 30.3 Å². The number of ether oxygens (including phenoxy) is 1. The molecule has 0 spiro atoms. The number of esters is 1. The minimum absolute atomic E-state index is 0.0160. The lowest BCUT2D eigenvalue weighted by molar-refractivity contribution is -0.131. The van der Waals surface area contributed by atoms with Crippen molar-refractivity contribution in [3.8, 4) is 28.4 Å². The van der Waals surface area contributed by atoms with Gasteiger partial charge in [0.05, 0.1) is 5.56 Å². The Morgan fingerprint density at radius 2 is 1.27 bits per heavy atom. The summed E-state index contributed by atoms with van der Waals surface area (Å²) in [6.45, 7) is 1.22. The van der Waals surface area contributed by atoms with Gasteiger partial charge in [-0.3, -0.25) is 9.59 Å². The van der Waals surface area contributed by atoms with Gasteiger partial charge < -0.3 is 30.9 Å². The summed E-state index contributed by atoms with van der Waals surface area (Å²) in [5, 5.41) is 35.8. The van der Waals surface area contributed by atoms with Gasteiger partial charge in [-0.05, 0) is 54.1 Å². The topological polar surface area (TPSA) is 184 Å². The van der Waals surface area contributed by atoms with E-state index in [4.69, 9.17) is 21.1 Å². The third-order valence-electron chi connectivity index (χ3n) is 5.01. The molecule has 0 radical (unpaired) electrons. The zero-order valence-electron chi connectivity index (χ0n) is 21.2. The van der Waals surface area contributed by atoms with Crippen LogP contribution >= 0.6 is 0 Å².